The van der Waals surface area contributed by atoms with Crippen LogP contribution in [0.15, 0.2) is 17.4 Å². The van der Waals surface area contributed by atoms with E-state index in [1.54, 1.807) is 6.33 Å². The van der Waals surface area contributed by atoms with Crippen LogP contribution in [0.25, 0.3) is 11.2 Å². The second kappa shape index (κ2) is 6.73. The quantitative estimate of drug-likeness (QED) is 0.764. The Bertz CT molecular complexity index is 961. The summed E-state index contributed by atoms with van der Waals surface area (Å²) in [5.41, 5.74) is 0.699. The molecule has 0 amide bonds. The number of nitrogens with zero attached hydrogens (tertiary/aromatic N) is 3. The second-order valence-corrected chi connectivity index (χ2v) is 15.1. The zero-order valence-electron chi connectivity index (χ0n) is 18.4. The predicted molar refractivity (Wildman–Crippen MR) is 112 cm³/mol. The van der Waals surface area contributed by atoms with Crippen LogP contribution in [0.3, 0.4) is 0 Å². The Morgan fingerprint density at radius 3 is 2.66 bits per heavy atom. The van der Waals surface area contributed by atoms with Crippen molar-refractivity contribution in [1.29, 1.82) is 0 Å². The highest BCUT2D eigenvalue weighted by molar-refractivity contribution is 6.74. The number of rotatable bonds is 4. The topological polar surface area (TPSA) is 91.3 Å². The monoisotopic (exact) mass is 420 g/mol. The van der Waals surface area contributed by atoms with Crippen LogP contribution in [-0.4, -0.2) is 52.4 Å². The highest BCUT2D eigenvalue weighted by Gasteiger charge is 2.55. The molecule has 1 aliphatic heterocycles. The molecule has 29 heavy (non-hydrogen) atoms. The predicted octanol–water partition coefficient (Wildman–Crippen LogP) is 3.22. The average molecular weight is 421 g/mol. The molecule has 1 saturated carbocycles. The molecule has 2 aromatic heterocycles. The van der Waals surface area contributed by atoms with E-state index < -0.39 is 14.1 Å². The number of hydrogen-bond acceptors (Lipinski definition) is 6. The molecule has 9 heteroatoms. The molecule has 1 aliphatic carbocycles. The Morgan fingerprint density at radius 2 is 1.97 bits per heavy atom. The number of nitrogens with one attached hydrogen (secondary N) is 1. The number of H-pyrrole nitrogens is 1. The Labute approximate surface area is 172 Å². The van der Waals surface area contributed by atoms with Gasteiger partial charge in [-0.2, -0.15) is 0 Å². The fourth-order valence-electron chi connectivity index (χ4n) is 4.13. The smallest absolute Gasteiger partial charge is 0.278 e. The van der Waals surface area contributed by atoms with Gasteiger partial charge in [-0.05, 0) is 38.4 Å². The lowest BCUT2D eigenvalue weighted by atomic mass is 10.1. The highest BCUT2D eigenvalue weighted by Crippen LogP contribution is 2.48. The van der Waals surface area contributed by atoms with Crippen LogP contribution in [0.5, 0.6) is 0 Å². The maximum absolute atomic E-state index is 12.1. The molecule has 0 bridgehead atoms. The van der Waals surface area contributed by atoms with Crippen molar-refractivity contribution in [2.24, 2.45) is 5.92 Å². The van der Waals surface area contributed by atoms with Crippen LogP contribution in [0, 0.1) is 5.92 Å². The first-order chi connectivity index (χ1) is 13.4. The van der Waals surface area contributed by atoms with Gasteiger partial charge < -0.3 is 23.5 Å². The lowest BCUT2D eigenvalue weighted by Gasteiger charge is -2.37. The van der Waals surface area contributed by atoms with Gasteiger partial charge in [-0.15, -0.1) is 0 Å². The molecule has 0 spiro atoms. The number of hydrogen-bond donors (Lipinski definition) is 1. The van der Waals surface area contributed by atoms with E-state index in [-0.39, 0.29) is 34.8 Å². The van der Waals surface area contributed by atoms with Gasteiger partial charge in [0, 0.05) is 12.5 Å². The molecule has 1 saturated heterocycles. The Hall–Kier alpha value is -1.55. The van der Waals surface area contributed by atoms with Crippen molar-refractivity contribution in [2.75, 3.05) is 6.61 Å². The molecule has 2 fully saturated rings. The van der Waals surface area contributed by atoms with Crippen LogP contribution in [0.2, 0.25) is 18.1 Å². The first-order valence-corrected chi connectivity index (χ1v) is 13.2. The summed E-state index contributed by atoms with van der Waals surface area (Å²) in [6.07, 6.45) is 3.76. The maximum Gasteiger partial charge on any atom is 0.278 e. The summed E-state index contributed by atoms with van der Waals surface area (Å²) >= 11 is 0. The molecular formula is C20H32N4O4Si. The van der Waals surface area contributed by atoms with Crippen molar-refractivity contribution in [2.45, 2.75) is 83.2 Å². The molecule has 8 nitrogen and oxygen atoms in total. The van der Waals surface area contributed by atoms with E-state index in [2.05, 4.69) is 48.8 Å². The van der Waals surface area contributed by atoms with Crippen molar-refractivity contribution in [3.8, 4) is 0 Å². The van der Waals surface area contributed by atoms with E-state index >= 15 is 0 Å². The summed E-state index contributed by atoms with van der Waals surface area (Å²) in [5, 5.41) is 0.155. The second-order valence-electron chi connectivity index (χ2n) is 10.3. The average Bonchev–Trinajstić information content (AvgIpc) is 3.24. The van der Waals surface area contributed by atoms with Crippen molar-refractivity contribution < 1.29 is 13.9 Å². The minimum Gasteiger partial charge on any atom is -0.416 e. The van der Waals surface area contributed by atoms with Gasteiger partial charge in [-0.25, -0.2) is 9.97 Å². The Balaban J connectivity index is 1.63. The lowest BCUT2D eigenvalue weighted by Crippen LogP contribution is -2.43. The third-order valence-electron chi connectivity index (χ3n) is 6.74. The molecule has 4 rings (SSSR count). The van der Waals surface area contributed by atoms with Gasteiger partial charge in [-0.3, -0.25) is 4.79 Å². The molecule has 4 atom stereocenters. The van der Waals surface area contributed by atoms with Gasteiger partial charge in [0.1, 0.15) is 6.10 Å². The van der Waals surface area contributed by atoms with E-state index in [0.717, 1.165) is 6.42 Å². The van der Waals surface area contributed by atoms with E-state index in [4.69, 9.17) is 13.9 Å². The molecule has 160 valence electrons. The minimum absolute atomic E-state index is 0.00547. The van der Waals surface area contributed by atoms with Crippen molar-refractivity contribution in [3.63, 3.8) is 0 Å². The third kappa shape index (κ3) is 3.58. The standard InChI is InChI=1S/C20H32N4O4Si/c1-19(2,3)29(6,7)26-9-12-8-13(16-15(12)27-20(4,5)28-16)24-11-23-14-17(24)21-10-22-18(14)25/h10-13,15-16H,8-9H2,1-7H3,(H,21,22,25)/t12-,13-,15-,16+/m1/s1. The van der Waals surface area contributed by atoms with Gasteiger partial charge in [0.05, 0.1) is 24.8 Å². The summed E-state index contributed by atoms with van der Waals surface area (Å²) < 4.78 is 21.1. The number of imidazole rings is 1. The summed E-state index contributed by atoms with van der Waals surface area (Å²) in [6.45, 7) is 15.8. The van der Waals surface area contributed by atoms with Gasteiger partial charge in [0.2, 0.25) is 0 Å². The molecule has 3 heterocycles. The van der Waals surface area contributed by atoms with Gasteiger partial charge >= 0.3 is 0 Å². The first kappa shape index (κ1) is 20.7. The van der Waals surface area contributed by atoms with E-state index in [9.17, 15) is 4.79 Å². The SMILES string of the molecule is CC1(C)O[C@@H]2[C@@H](CO[Si](C)(C)C(C)(C)C)C[C@@H](n3cnc4c(=O)[nH]cnc43)[C@@H]2O1. The molecule has 0 aromatic carbocycles. The lowest BCUT2D eigenvalue weighted by molar-refractivity contribution is -0.161. The normalized spacial score (nSPS) is 29.5. The number of aromatic amines is 1. The van der Waals surface area contributed by atoms with Crippen molar-refractivity contribution >= 4 is 19.5 Å². The largest absolute Gasteiger partial charge is 0.416 e. The summed E-state index contributed by atoms with van der Waals surface area (Å²) in [6, 6.07) is -0.00547. The fraction of sp³-hybridized carbons (Fsp3) is 0.750. The van der Waals surface area contributed by atoms with Crippen LogP contribution in [-0.2, 0) is 13.9 Å². The van der Waals surface area contributed by atoms with Crippen molar-refractivity contribution in [3.05, 3.63) is 23.0 Å². The Kier molecular flexibility index (Phi) is 4.81. The molecule has 1 N–H and O–H groups in total. The van der Waals surface area contributed by atoms with Crippen molar-refractivity contribution in [1.82, 2.24) is 19.5 Å². The molecular weight excluding hydrogens is 388 g/mol. The first-order valence-electron chi connectivity index (χ1n) is 10.3. The molecule has 0 radical (unpaired) electrons. The number of ether oxygens (including phenoxy) is 2. The number of fused-ring (bicyclic) bond motifs is 2. The summed E-state index contributed by atoms with van der Waals surface area (Å²) in [5.74, 6) is -0.440. The van der Waals surface area contributed by atoms with Gasteiger partial charge in [-0.1, -0.05) is 20.8 Å². The van der Waals surface area contributed by atoms with Crippen LogP contribution < -0.4 is 5.56 Å². The number of aromatic nitrogens is 4. The van der Waals surface area contributed by atoms with E-state index in [1.807, 2.05) is 18.4 Å². The third-order valence-corrected chi connectivity index (χ3v) is 11.2. The minimum atomic E-state index is -1.86. The van der Waals surface area contributed by atoms with Crippen LogP contribution >= 0.6 is 0 Å². The summed E-state index contributed by atoms with van der Waals surface area (Å²) in [4.78, 5) is 23.3. The van der Waals surface area contributed by atoms with E-state index in [1.165, 1.54) is 6.33 Å². The van der Waals surface area contributed by atoms with Crippen LogP contribution in [0.1, 0.15) is 47.1 Å². The maximum atomic E-state index is 12.1. The summed E-state index contributed by atoms with van der Waals surface area (Å²) in [7, 11) is -1.86. The van der Waals surface area contributed by atoms with Gasteiger partial charge in [0.25, 0.3) is 5.56 Å². The van der Waals surface area contributed by atoms with E-state index in [0.29, 0.717) is 17.8 Å². The Morgan fingerprint density at radius 1 is 1.28 bits per heavy atom. The molecule has 0 unspecified atom stereocenters. The molecule has 2 aliphatic rings. The molecule has 2 aromatic rings. The fourth-order valence-corrected chi connectivity index (χ4v) is 5.19. The zero-order chi connectivity index (χ0) is 21.2. The van der Waals surface area contributed by atoms with Crippen LogP contribution in [0.4, 0.5) is 0 Å². The zero-order valence-corrected chi connectivity index (χ0v) is 19.4. The van der Waals surface area contributed by atoms with Gasteiger partial charge in [0.15, 0.2) is 25.3 Å². The highest BCUT2D eigenvalue weighted by atomic mass is 28.4.